The molecule has 44 heavy (non-hydrogen) atoms. The van der Waals surface area contributed by atoms with Crippen LogP contribution in [0.5, 0.6) is 0 Å². The molecule has 1 aliphatic rings. The van der Waals surface area contributed by atoms with Gasteiger partial charge in [0.1, 0.15) is 11.2 Å². The van der Waals surface area contributed by atoms with Gasteiger partial charge in [-0.05, 0) is 89.5 Å². The molecule has 8 aromatic carbocycles. The van der Waals surface area contributed by atoms with Crippen molar-refractivity contribution in [2.24, 2.45) is 0 Å². The molecule has 9 aromatic rings. The summed E-state index contributed by atoms with van der Waals surface area (Å²) in [5.74, 6) is 0. The van der Waals surface area contributed by atoms with Crippen LogP contribution in [0.15, 0.2) is 138 Å². The molecule has 0 radical (unpaired) electrons. The Morgan fingerprint density at radius 1 is 0.432 bits per heavy atom. The van der Waals surface area contributed by atoms with Crippen LogP contribution in [0.1, 0.15) is 25.0 Å². The van der Waals surface area contributed by atoms with Crippen molar-refractivity contribution >= 4 is 54.3 Å². The van der Waals surface area contributed by atoms with E-state index in [-0.39, 0.29) is 5.41 Å². The average Bonchev–Trinajstić information content (AvgIpc) is 3.55. The zero-order valence-electron chi connectivity index (χ0n) is 24.6. The van der Waals surface area contributed by atoms with Gasteiger partial charge in [0.05, 0.1) is 0 Å². The van der Waals surface area contributed by atoms with Crippen molar-refractivity contribution in [1.82, 2.24) is 0 Å². The monoisotopic (exact) mass is 560 g/mol. The summed E-state index contributed by atoms with van der Waals surface area (Å²) in [7, 11) is 0. The highest BCUT2D eigenvalue weighted by Gasteiger charge is 2.36. The lowest BCUT2D eigenvalue weighted by atomic mass is 9.80. The van der Waals surface area contributed by atoms with Crippen molar-refractivity contribution in [1.29, 1.82) is 0 Å². The highest BCUT2D eigenvalue weighted by Crippen LogP contribution is 2.51. The molecule has 0 aliphatic heterocycles. The summed E-state index contributed by atoms with van der Waals surface area (Å²) in [6, 6.07) is 49.2. The Morgan fingerprint density at radius 3 is 1.80 bits per heavy atom. The van der Waals surface area contributed by atoms with Crippen molar-refractivity contribution < 1.29 is 4.42 Å². The van der Waals surface area contributed by atoms with Gasteiger partial charge in [-0.2, -0.15) is 0 Å². The molecule has 1 aliphatic carbocycles. The number of hydrogen-bond acceptors (Lipinski definition) is 1. The fourth-order valence-corrected chi connectivity index (χ4v) is 8.03. The van der Waals surface area contributed by atoms with Gasteiger partial charge in [0.2, 0.25) is 0 Å². The molecule has 0 saturated carbocycles. The van der Waals surface area contributed by atoms with Gasteiger partial charge in [-0.15, -0.1) is 0 Å². The van der Waals surface area contributed by atoms with Gasteiger partial charge in [0, 0.05) is 21.8 Å². The SMILES string of the molecule is CC1(C)c2cc(-c3ccc4ccc5cccc6ccc3c4c56)ccc2-c2ccc(-c3cccc4c3oc3ccccc34)cc21. The fraction of sp³-hybridized carbons (Fsp3) is 0.0698. The lowest BCUT2D eigenvalue weighted by Crippen LogP contribution is -2.15. The van der Waals surface area contributed by atoms with Crippen LogP contribution in [0.25, 0.3) is 87.6 Å². The van der Waals surface area contributed by atoms with Gasteiger partial charge < -0.3 is 4.42 Å². The first-order valence-corrected chi connectivity index (χ1v) is 15.4. The Hall–Kier alpha value is -5.40. The van der Waals surface area contributed by atoms with Gasteiger partial charge in [-0.3, -0.25) is 0 Å². The summed E-state index contributed by atoms with van der Waals surface area (Å²) in [4.78, 5) is 0. The number of fused-ring (bicyclic) bond motifs is 6. The third-order valence-corrected chi connectivity index (χ3v) is 10.2. The minimum Gasteiger partial charge on any atom is -0.455 e. The predicted octanol–water partition coefficient (Wildman–Crippen LogP) is 12.1. The lowest BCUT2D eigenvalue weighted by molar-refractivity contribution is 0.660. The van der Waals surface area contributed by atoms with Crippen LogP contribution < -0.4 is 0 Å². The summed E-state index contributed by atoms with van der Waals surface area (Å²) in [6.07, 6.45) is 0. The van der Waals surface area contributed by atoms with Gasteiger partial charge in [-0.1, -0.05) is 129 Å². The van der Waals surface area contributed by atoms with Crippen LogP contribution in [0.4, 0.5) is 0 Å². The van der Waals surface area contributed by atoms with E-state index in [1.807, 2.05) is 6.07 Å². The largest absolute Gasteiger partial charge is 0.455 e. The minimum absolute atomic E-state index is 0.137. The minimum atomic E-state index is -0.137. The molecule has 0 atom stereocenters. The van der Waals surface area contributed by atoms with E-state index in [1.165, 1.54) is 76.6 Å². The molecule has 0 spiro atoms. The normalized spacial score (nSPS) is 13.9. The lowest BCUT2D eigenvalue weighted by Gasteiger charge is -2.23. The third-order valence-electron chi connectivity index (χ3n) is 10.2. The molecule has 0 N–H and O–H groups in total. The maximum absolute atomic E-state index is 6.41. The molecule has 0 fully saturated rings. The van der Waals surface area contributed by atoms with Crippen LogP contribution in [0.2, 0.25) is 0 Å². The molecular weight excluding hydrogens is 532 g/mol. The van der Waals surface area contributed by atoms with Gasteiger partial charge in [0.15, 0.2) is 0 Å². The first-order valence-electron chi connectivity index (χ1n) is 15.4. The summed E-state index contributed by atoms with van der Waals surface area (Å²) in [5.41, 5.74) is 12.1. The van der Waals surface area contributed by atoms with E-state index < -0.39 is 0 Å². The van der Waals surface area contributed by atoms with Crippen molar-refractivity contribution in [3.8, 4) is 33.4 Å². The van der Waals surface area contributed by atoms with Gasteiger partial charge in [0.25, 0.3) is 0 Å². The summed E-state index contributed by atoms with van der Waals surface area (Å²) >= 11 is 0. The molecule has 206 valence electrons. The molecule has 1 heterocycles. The van der Waals surface area contributed by atoms with Crippen molar-refractivity contribution in [3.63, 3.8) is 0 Å². The molecule has 0 unspecified atom stereocenters. The van der Waals surface area contributed by atoms with Gasteiger partial charge in [-0.25, -0.2) is 0 Å². The van der Waals surface area contributed by atoms with E-state index in [2.05, 4.69) is 141 Å². The van der Waals surface area contributed by atoms with Crippen LogP contribution in [-0.2, 0) is 5.41 Å². The maximum atomic E-state index is 6.41. The van der Waals surface area contributed by atoms with E-state index in [4.69, 9.17) is 4.42 Å². The molecule has 10 rings (SSSR count). The highest BCUT2D eigenvalue weighted by atomic mass is 16.3. The smallest absolute Gasteiger partial charge is 0.143 e. The second-order valence-electron chi connectivity index (χ2n) is 12.9. The Kier molecular flexibility index (Phi) is 4.58. The second kappa shape index (κ2) is 8.36. The van der Waals surface area contributed by atoms with E-state index in [1.54, 1.807) is 0 Å². The van der Waals surface area contributed by atoms with Crippen LogP contribution >= 0.6 is 0 Å². The quantitative estimate of drug-likeness (QED) is 0.192. The van der Waals surface area contributed by atoms with Crippen molar-refractivity contribution in [3.05, 3.63) is 145 Å². The van der Waals surface area contributed by atoms with E-state index in [9.17, 15) is 0 Å². The summed E-state index contributed by atoms with van der Waals surface area (Å²) < 4.78 is 6.41. The van der Waals surface area contributed by atoms with Gasteiger partial charge >= 0.3 is 0 Å². The Labute approximate surface area is 255 Å². The molecule has 1 nitrogen and oxygen atoms in total. The molecule has 0 bridgehead atoms. The zero-order chi connectivity index (χ0) is 29.2. The molecule has 0 saturated heterocycles. The zero-order valence-corrected chi connectivity index (χ0v) is 24.6. The third kappa shape index (κ3) is 3.09. The number of furan rings is 1. The molecular formula is C43H28O. The Bertz CT molecular complexity index is 2610. The number of benzene rings is 8. The van der Waals surface area contributed by atoms with Crippen LogP contribution in [0.3, 0.4) is 0 Å². The second-order valence-corrected chi connectivity index (χ2v) is 12.9. The van der Waals surface area contributed by atoms with Crippen LogP contribution in [0, 0.1) is 0 Å². The standard InChI is InChI=1S/C43H28O/c1-43(2)37-23-28(30-19-15-27-14-13-25-7-5-8-26-16-22-35(30)41(27)40(25)26)17-20-32(37)33-21-18-29(24-38(33)43)31-10-6-11-36-34-9-3-4-12-39(34)44-42(31)36/h3-24H,1-2H3. The maximum Gasteiger partial charge on any atom is 0.143 e. The first kappa shape index (κ1) is 24.1. The Balaban J connectivity index is 1.13. The average molecular weight is 561 g/mol. The highest BCUT2D eigenvalue weighted by molar-refractivity contribution is 6.25. The summed E-state index contributed by atoms with van der Waals surface area (Å²) in [5, 5.41) is 10.3. The van der Waals surface area contributed by atoms with Crippen molar-refractivity contribution in [2.75, 3.05) is 0 Å². The summed E-state index contributed by atoms with van der Waals surface area (Å²) in [6.45, 7) is 4.74. The Morgan fingerprint density at radius 2 is 1.02 bits per heavy atom. The topological polar surface area (TPSA) is 13.1 Å². The van der Waals surface area contributed by atoms with E-state index in [0.717, 1.165) is 22.1 Å². The number of rotatable bonds is 2. The van der Waals surface area contributed by atoms with E-state index in [0.29, 0.717) is 0 Å². The number of hydrogen-bond donors (Lipinski definition) is 0. The van der Waals surface area contributed by atoms with E-state index >= 15 is 0 Å². The fourth-order valence-electron chi connectivity index (χ4n) is 8.03. The molecule has 1 heteroatoms. The first-order chi connectivity index (χ1) is 21.6. The van der Waals surface area contributed by atoms with Crippen LogP contribution in [-0.4, -0.2) is 0 Å². The predicted molar refractivity (Wildman–Crippen MR) is 186 cm³/mol. The van der Waals surface area contributed by atoms with Crippen molar-refractivity contribution in [2.45, 2.75) is 19.3 Å². The molecule has 1 aromatic heterocycles. The number of para-hydroxylation sites is 2. The molecule has 0 amide bonds.